The average molecular weight is 416 g/mol. The van der Waals surface area contributed by atoms with Crippen LogP contribution in [0.4, 0.5) is 0 Å². The molecule has 1 aliphatic rings. The average Bonchev–Trinajstić information content (AvgIpc) is 3.17. The van der Waals surface area contributed by atoms with Gasteiger partial charge in [-0.05, 0) is 55.7 Å². The molecule has 0 bridgehead atoms. The lowest BCUT2D eigenvalue weighted by Crippen LogP contribution is -2.21. The van der Waals surface area contributed by atoms with Crippen molar-refractivity contribution in [2.45, 2.75) is 30.5 Å². The van der Waals surface area contributed by atoms with Gasteiger partial charge >= 0.3 is 0 Å². The molecule has 0 amide bonds. The first kappa shape index (κ1) is 19.3. The Morgan fingerprint density at radius 3 is 2.71 bits per heavy atom. The highest BCUT2D eigenvalue weighted by atomic mass is 35.5. The van der Waals surface area contributed by atoms with Gasteiger partial charge < -0.3 is 9.47 Å². The maximum absolute atomic E-state index is 6.10. The Morgan fingerprint density at radius 1 is 1.14 bits per heavy atom. The molecule has 0 N–H and O–H groups in total. The molecule has 0 radical (unpaired) electrons. The van der Waals surface area contributed by atoms with E-state index < -0.39 is 0 Å². The third kappa shape index (κ3) is 4.19. The second-order valence-electron chi connectivity index (χ2n) is 6.62. The fourth-order valence-electron chi connectivity index (χ4n) is 3.30. The molecule has 1 saturated heterocycles. The van der Waals surface area contributed by atoms with Gasteiger partial charge in [-0.15, -0.1) is 10.2 Å². The molecule has 2 heterocycles. The SMILES string of the molecule is COc1ccccc1-c1nnc(SCC2CCCCO2)n1-c1ccc(Cl)cc1. The standard InChI is InChI=1S/C21H22ClN3O2S/c1-26-19-8-3-2-7-18(19)20-23-24-21(28-14-17-6-4-5-13-27-17)25(20)16-11-9-15(22)10-12-16/h2-3,7-12,17H,4-6,13-14H2,1H3. The van der Waals surface area contributed by atoms with Gasteiger partial charge in [0.1, 0.15) is 5.75 Å². The molecule has 0 spiro atoms. The first-order valence-corrected chi connectivity index (χ1v) is 10.7. The molecule has 4 rings (SSSR count). The zero-order valence-electron chi connectivity index (χ0n) is 15.7. The number of halogens is 1. The Hall–Kier alpha value is -2.02. The van der Waals surface area contributed by atoms with Crippen LogP contribution in [0.2, 0.25) is 5.02 Å². The van der Waals surface area contributed by atoms with E-state index in [0.717, 1.165) is 53.2 Å². The smallest absolute Gasteiger partial charge is 0.196 e. The first-order chi connectivity index (χ1) is 13.8. The van der Waals surface area contributed by atoms with Crippen molar-refractivity contribution in [2.75, 3.05) is 19.5 Å². The molecule has 3 aromatic rings. The van der Waals surface area contributed by atoms with Crippen molar-refractivity contribution < 1.29 is 9.47 Å². The number of thioether (sulfide) groups is 1. The van der Waals surface area contributed by atoms with E-state index in [2.05, 4.69) is 14.8 Å². The molecular formula is C21H22ClN3O2S. The predicted octanol–water partition coefficient (Wildman–Crippen LogP) is 5.26. The maximum atomic E-state index is 6.10. The van der Waals surface area contributed by atoms with E-state index in [9.17, 15) is 0 Å². The van der Waals surface area contributed by atoms with Crippen LogP contribution in [0, 0.1) is 0 Å². The number of benzene rings is 2. The molecule has 146 valence electrons. The van der Waals surface area contributed by atoms with Gasteiger partial charge in [-0.3, -0.25) is 4.57 Å². The molecule has 1 fully saturated rings. The van der Waals surface area contributed by atoms with E-state index in [1.165, 1.54) is 6.42 Å². The van der Waals surface area contributed by atoms with Crippen LogP contribution >= 0.6 is 23.4 Å². The first-order valence-electron chi connectivity index (χ1n) is 9.35. The normalized spacial score (nSPS) is 16.9. The summed E-state index contributed by atoms with van der Waals surface area (Å²) >= 11 is 7.77. The minimum atomic E-state index is 0.267. The minimum Gasteiger partial charge on any atom is -0.496 e. The number of hydrogen-bond acceptors (Lipinski definition) is 5. The highest BCUT2D eigenvalue weighted by molar-refractivity contribution is 7.99. The number of nitrogens with zero attached hydrogens (tertiary/aromatic N) is 3. The molecule has 0 aliphatic carbocycles. The van der Waals surface area contributed by atoms with Gasteiger partial charge in [0.25, 0.3) is 0 Å². The Labute approximate surface area is 174 Å². The summed E-state index contributed by atoms with van der Waals surface area (Å²) in [6.07, 6.45) is 3.74. The van der Waals surface area contributed by atoms with Crippen LogP contribution in [0.15, 0.2) is 53.7 Å². The van der Waals surface area contributed by atoms with Crippen LogP contribution in [0.25, 0.3) is 17.1 Å². The predicted molar refractivity (Wildman–Crippen MR) is 113 cm³/mol. The monoisotopic (exact) mass is 415 g/mol. The summed E-state index contributed by atoms with van der Waals surface area (Å²) in [6, 6.07) is 15.6. The van der Waals surface area contributed by atoms with E-state index in [1.807, 2.05) is 48.5 Å². The van der Waals surface area contributed by atoms with Gasteiger partial charge in [-0.1, -0.05) is 35.5 Å². The summed E-state index contributed by atoms with van der Waals surface area (Å²) in [5.41, 5.74) is 1.86. The second kappa shape index (κ2) is 8.99. The van der Waals surface area contributed by atoms with Gasteiger partial charge in [-0.2, -0.15) is 0 Å². The molecule has 1 unspecified atom stereocenters. The molecule has 28 heavy (non-hydrogen) atoms. The van der Waals surface area contributed by atoms with Crippen molar-refractivity contribution in [3.8, 4) is 22.8 Å². The lowest BCUT2D eigenvalue weighted by atomic mass is 10.1. The van der Waals surface area contributed by atoms with Crippen molar-refractivity contribution in [3.63, 3.8) is 0 Å². The van der Waals surface area contributed by atoms with Gasteiger partial charge in [0, 0.05) is 23.1 Å². The molecule has 5 nitrogen and oxygen atoms in total. The van der Waals surface area contributed by atoms with E-state index >= 15 is 0 Å². The molecule has 1 atom stereocenters. The van der Waals surface area contributed by atoms with Crippen LogP contribution in [-0.2, 0) is 4.74 Å². The third-order valence-corrected chi connectivity index (χ3v) is 6.05. The number of ether oxygens (including phenoxy) is 2. The lowest BCUT2D eigenvalue weighted by Gasteiger charge is -2.22. The molecule has 2 aromatic carbocycles. The second-order valence-corrected chi connectivity index (χ2v) is 8.04. The summed E-state index contributed by atoms with van der Waals surface area (Å²) in [5.74, 6) is 2.36. The van der Waals surface area contributed by atoms with E-state index in [-0.39, 0.29) is 6.10 Å². The van der Waals surface area contributed by atoms with Gasteiger partial charge in [0.15, 0.2) is 11.0 Å². The molecular weight excluding hydrogens is 394 g/mol. The van der Waals surface area contributed by atoms with Gasteiger partial charge in [0.2, 0.25) is 0 Å². The Balaban J connectivity index is 1.72. The molecule has 0 saturated carbocycles. The van der Waals surface area contributed by atoms with Crippen molar-refractivity contribution >= 4 is 23.4 Å². The fraction of sp³-hybridized carbons (Fsp3) is 0.333. The van der Waals surface area contributed by atoms with E-state index in [4.69, 9.17) is 21.1 Å². The highest BCUT2D eigenvalue weighted by Crippen LogP contribution is 2.34. The quantitative estimate of drug-likeness (QED) is 0.514. The molecule has 1 aliphatic heterocycles. The van der Waals surface area contributed by atoms with E-state index in [1.54, 1.807) is 18.9 Å². The molecule has 1 aromatic heterocycles. The molecule has 7 heteroatoms. The number of rotatable bonds is 6. The zero-order chi connectivity index (χ0) is 19.3. The van der Waals surface area contributed by atoms with Gasteiger partial charge in [-0.25, -0.2) is 0 Å². The Kier molecular flexibility index (Phi) is 6.20. The van der Waals surface area contributed by atoms with Crippen LogP contribution in [0.1, 0.15) is 19.3 Å². The number of methoxy groups -OCH3 is 1. The zero-order valence-corrected chi connectivity index (χ0v) is 17.2. The van der Waals surface area contributed by atoms with Crippen molar-refractivity contribution in [1.82, 2.24) is 14.8 Å². The van der Waals surface area contributed by atoms with E-state index in [0.29, 0.717) is 5.02 Å². The topological polar surface area (TPSA) is 49.2 Å². The van der Waals surface area contributed by atoms with Crippen LogP contribution in [-0.4, -0.2) is 40.3 Å². The van der Waals surface area contributed by atoms with Crippen molar-refractivity contribution in [1.29, 1.82) is 0 Å². The van der Waals surface area contributed by atoms with Crippen LogP contribution in [0.3, 0.4) is 0 Å². The fourth-order valence-corrected chi connectivity index (χ4v) is 4.44. The van der Waals surface area contributed by atoms with Crippen molar-refractivity contribution in [3.05, 3.63) is 53.6 Å². The summed E-state index contributed by atoms with van der Waals surface area (Å²) in [7, 11) is 1.66. The minimum absolute atomic E-state index is 0.267. The summed E-state index contributed by atoms with van der Waals surface area (Å²) < 4.78 is 13.5. The number of para-hydroxylation sites is 1. The Bertz CT molecular complexity index is 924. The Morgan fingerprint density at radius 2 is 1.96 bits per heavy atom. The van der Waals surface area contributed by atoms with Crippen LogP contribution < -0.4 is 4.74 Å². The highest BCUT2D eigenvalue weighted by Gasteiger charge is 2.21. The summed E-state index contributed by atoms with van der Waals surface area (Å²) in [5, 5.41) is 10.5. The summed E-state index contributed by atoms with van der Waals surface area (Å²) in [6.45, 7) is 0.849. The van der Waals surface area contributed by atoms with Crippen molar-refractivity contribution in [2.24, 2.45) is 0 Å². The maximum Gasteiger partial charge on any atom is 0.196 e. The van der Waals surface area contributed by atoms with Gasteiger partial charge in [0.05, 0.1) is 18.8 Å². The summed E-state index contributed by atoms with van der Waals surface area (Å²) in [4.78, 5) is 0. The number of aromatic nitrogens is 3. The lowest BCUT2D eigenvalue weighted by molar-refractivity contribution is 0.0315. The van der Waals surface area contributed by atoms with Crippen LogP contribution in [0.5, 0.6) is 5.75 Å². The largest absolute Gasteiger partial charge is 0.496 e. The third-order valence-electron chi connectivity index (χ3n) is 4.74. The number of hydrogen-bond donors (Lipinski definition) is 0.